The Morgan fingerprint density at radius 1 is 1.50 bits per heavy atom. The summed E-state index contributed by atoms with van der Waals surface area (Å²) >= 11 is 6.04. The van der Waals surface area contributed by atoms with Gasteiger partial charge in [-0.25, -0.2) is 14.8 Å². The van der Waals surface area contributed by atoms with Crippen LogP contribution in [0.15, 0.2) is 24.4 Å². The van der Waals surface area contributed by atoms with Gasteiger partial charge in [-0.3, -0.25) is 0 Å². The van der Waals surface area contributed by atoms with E-state index >= 15 is 0 Å². The molecule has 0 atom stereocenters. The number of carboxylic acid groups (broad SMARTS) is 1. The second-order valence-electron chi connectivity index (χ2n) is 4.18. The molecule has 0 saturated carbocycles. The van der Waals surface area contributed by atoms with E-state index in [4.69, 9.17) is 17.3 Å². The molecule has 1 aromatic carbocycles. The van der Waals surface area contributed by atoms with Crippen molar-refractivity contribution in [3.8, 4) is 0 Å². The Morgan fingerprint density at radius 2 is 2.25 bits per heavy atom. The number of aryl methyl sites for hydroxylation is 1. The molecule has 4 N–H and O–H groups in total. The van der Waals surface area contributed by atoms with Crippen LogP contribution < -0.4 is 11.1 Å². The Bertz CT molecular complexity index is 661. The third-order valence-corrected chi connectivity index (χ3v) is 2.92. The van der Waals surface area contributed by atoms with Gasteiger partial charge in [0.25, 0.3) is 0 Å². The molecule has 0 unspecified atom stereocenters. The number of nitrogen functional groups attached to an aromatic ring is 1. The van der Waals surface area contributed by atoms with Crippen molar-refractivity contribution in [3.05, 3.63) is 46.5 Å². The molecular formula is C13H13ClN4O2. The number of benzene rings is 1. The van der Waals surface area contributed by atoms with Crippen LogP contribution in [0.1, 0.15) is 21.9 Å². The molecule has 0 spiro atoms. The normalized spacial score (nSPS) is 10.3. The zero-order chi connectivity index (χ0) is 14.7. The van der Waals surface area contributed by atoms with Gasteiger partial charge >= 0.3 is 5.97 Å². The number of anilines is 2. The summed E-state index contributed by atoms with van der Waals surface area (Å²) in [6.45, 7) is 2.12. The van der Waals surface area contributed by atoms with Crippen molar-refractivity contribution in [1.82, 2.24) is 9.97 Å². The van der Waals surface area contributed by atoms with Crippen LogP contribution in [0.3, 0.4) is 0 Å². The van der Waals surface area contributed by atoms with Gasteiger partial charge in [-0.2, -0.15) is 0 Å². The molecule has 0 aliphatic carbocycles. The number of aromatic carboxylic acids is 1. The van der Waals surface area contributed by atoms with Gasteiger partial charge in [-0.15, -0.1) is 0 Å². The summed E-state index contributed by atoms with van der Waals surface area (Å²) in [5.41, 5.74) is 6.99. The van der Waals surface area contributed by atoms with Gasteiger partial charge in [0.2, 0.25) is 0 Å². The number of nitrogens with one attached hydrogen (secondary N) is 1. The zero-order valence-corrected chi connectivity index (χ0v) is 11.5. The van der Waals surface area contributed by atoms with Crippen LogP contribution in [0, 0.1) is 6.92 Å². The number of hydrogen-bond donors (Lipinski definition) is 3. The van der Waals surface area contributed by atoms with Crippen LogP contribution >= 0.6 is 11.6 Å². The molecule has 1 heterocycles. The maximum Gasteiger partial charge on any atom is 0.337 e. The van der Waals surface area contributed by atoms with Gasteiger partial charge in [0.15, 0.2) is 0 Å². The number of carboxylic acids is 1. The van der Waals surface area contributed by atoms with Gasteiger partial charge in [0.05, 0.1) is 28.5 Å². The summed E-state index contributed by atoms with van der Waals surface area (Å²) in [5.74, 6) is -0.452. The summed E-state index contributed by atoms with van der Waals surface area (Å²) in [4.78, 5) is 19.4. The molecule has 0 fully saturated rings. The molecule has 0 aliphatic rings. The second kappa shape index (κ2) is 5.75. The van der Waals surface area contributed by atoms with Crippen LogP contribution in [0.4, 0.5) is 11.4 Å². The summed E-state index contributed by atoms with van der Waals surface area (Å²) in [6, 6.07) is 4.61. The predicted molar refractivity (Wildman–Crippen MR) is 76.9 cm³/mol. The number of rotatable bonds is 4. The lowest BCUT2D eigenvalue weighted by Crippen LogP contribution is -2.09. The Kier molecular flexibility index (Phi) is 4.05. The summed E-state index contributed by atoms with van der Waals surface area (Å²) < 4.78 is 0. The van der Waals surface area contributed by atoms with Gasteiger partial charge < -0.3 is 16.2 Å². The molecule has 0 radical (unpaired) electrons. The highest BCUT2D eigenvalue weighted by atomic mass is 35.5. The first-order valence-corrected chi connectivity index (χ1v) is 6.20. The third kappa shape index (κ3) is 3.16. The summed E-state index contributed by atoms with van der Waals surface area (Å²) in [5, 5.41) is 12.4. The van der Waals surface area contributed by atoms with E-state index in [9.17, 15) is 9.90 Å². The highest BCUT2D eigenvalue weighted by molar-refractivity contribution is 6.34. The Morgan fingerprint density at radius 3 is 2.90 bits per heavy atom. The monoisotopic (exact) mass is 292 g/mol. The largest absolute Gasteiger partial charge is 0.478 e. The van der Waals surface area contributed by atoms with Gasteiger partial charge in [-0.1, -0.05) is 11.6 Å². The molecule has 0 amide bonds. The van der Waals surface area contributed by atoms with E-state index < -0.39 is 5.97 Å². The zero-order valence-electron chi connectivity index (χ0n) is 10.7. The van der Waals surface area contributed by atoms with Crippen LogP contribution in [0.25, 0.3) is 0 Å². The Balaban J connectivity index is 2.27. The van der Waals surface area contributed by atoms with Crippen LogP contribution in [0.2, 0.25) is 5.02 Å². The lowest BCUT2D eigenvalue weighted by Gasteiger charge is -2.12. The maximum atomic E-state index is 11.2. The van der Waals surface area contributed by atoms with E-state index in [2.05, 4.69) is 15.3 Å². The molecule has 6 nitrogen and oxygen atoms in total. The molecule has 104 valence electrons. The molecule has 2 aromatic rings. The Hall–Kier alpha value is -2.34. The predicted octanol–water partition coefficient (Wildman–Crippen LogP) is 2.33. The number of hydrogen-bond acceptors (Lipinski definition) is 5. The fourth-order valence-corrected chi connectivity index (χ4v) is 2.05. The topological polar surface area (TPSA) is 101 Å². The van der Waals surface area contributed by atoms with Crippen molar-refractivity contribution in [2.24, 2.45) is 0 Å². The number of nitrogens with zero attached hydrogens (tertiary/aromatic N) is 2. The first-order chi connectivity index (χ1) is 9.47. The lowest BCUT2D eigenvalue weighted by atomic mass is 10.1. The highest BCUT2D eigenvalue weighted by Crippen LogP contribution is 2.29. The SMILES string of the molecule is Cc1nccc(CNc2c(Cl)cc(N)cc2C(=O)O)n1. The van der Waals surface area contributed by atoms with Crippen LogP contribution in [-0.4, -0.2) is 21.0 Å². The molecule has 0 bridgehead atoms. The maximum absolute atomic E-state index is 11.2. The van der Waals surface area contributed by atoms with E-state index in [0.29, 0.717) is 23.7 Å². The van der Waals surface area contributed by atoms with E-state index in [-0.39, 0.29) is 10.6 Å². The highest BCUT2D eigenvalue weighted by Gasteiger charge is 2.14. The van der Waals surface area contributed by atoms with Gasteiger partial charge in [0, 0.05) is 11.9 Å². The first-order valence-electron chi connectivity index (χ1n) is 5.82. The average Bonchev–Trinajstić information content (AvgIpc) is 2.36. The van der Waals surface area contributed by atoms with Crippen molar-refractivity contribution in [3.63, 3.8) is 0 Å². The minimum atomic E-state index is -1.10. The van der Waals surface area contributed by atoms with E-state index in [0.717, 1.165) is 5.69 Å². The molecule has 7 heteroatoms. The van der Waals surface area contributed by atoms with Crippen molar-refractivity contribution >= 4 is 28.9 Å². The summed E-state index contributed by atoms with van der Waals surface area (Å²) in [6.07, 6.45) is 1.64. The molecule has 2 rings (SSSR count). The number of carbonyl (C=O) groups is 1. The minimum absolute atomic E-state index is 0.0285. The fourth-order valence-electron chi connectivity index (χ4n) is 1.76. The van der Waals surface area contributed by atoms with Gasteiger partial charge in [0.1, 0.15) is 5.82 Å². The summed E-state index contributed by atoms with van der Waals surface area (Å²) in [7, 11) is 0. The van der Waals surface area contributed by atoms with E-state index in [1.54, 1.807) is 19.2 Å². The second-order valence-corrected chi connectivity index (χ2v) is 4.59. The third-order valence-electron chi connectivity index (χ3n) is 2.62. The Labute approximate surface area is 120 Å². The number of aromatic nitrogens is 2. The van der Waals surface area contributed by atoms with E-state index in [1.165, 1.54) is 12.1 Å². The minimum Gasteiger partial charge on any atom is -0.478 e. The molecular weight excluding hydrogens is 280 g/mol. The van der Waals surface area contributed by atoms with Crippen molar-refractivity contribution in [2.45, 2.75) is 13.5 Å². The molecule has 0 saturated heterocycles. The van der Waals surface area contributed by atoms with E-state index in [1.807, 2.05) is 0 Å². The molecule has 1 aromatic heterocycles. The van der Waals surface area contributed by atoms with Crippen molar-refractivity contribution < 1.29 is 9.90 Å². The number of nitrogens with two attached hydrogens (primary N) is 1. The van der Waals surface area contributed by atoms with Crippen LogP contribution in [-0.2, 0) is 6.54 Å². The standard InChI is InChI=1S/C13H13ClN4O2/c1-7-16-3-2-9(18-7)6-17-12-10(13(19)20)4-8(15)5-11(12)14/h2-5,17H,6,15H2,1H3,(H,19,20). The number of halogens is 1. The fraction of sp³-hybridized carbons (Fsp3) is 0.154. The van der Waals surface area contributed by atoms with Crippen molar-refractivity contribution in [1.29, 1.82) is 0 Å². The molecule has 20 heavy (non-hydrogen) atoms. The quantitative estimate of drug-likeness (QED) is 0.748. The first kappa shape index (κ1) is 14.1. The lowest BCUT2D eigenvalue weighted by molar-refractivity contribution is 0.0698. The average molecular weight is 293 g/mol. The van der Waals surface area contributed by atoms with Crippen molar-refractivity contribution in [2.75, 3.05) is 11.1 Å². The van der Waals surface area contributed by atoms with Crippen LogP contribution in [0.5, 0.6) is 0 Å². The molecule has 0 aliphatic heterocycles. The smallest absolute Gasteiger partial charge is 0.337 e. The van der Waals surface area contributed by atoms with Gasteiger partial charge in [-0.05, 0) is 25.1 Å².